The van der Waals surface area contributed by atoms with Gasteiger partial charge < -0.3 is 15.7 Å². The molecule has 0 aliphatic heterocycles. The van der Waals surface area contributed by atoms with E-state index in [0.29, 0.717) is 30.8 Å². The van der Waals surface area contributed by atoms with Crippen LogP contribution < -0.4 is 10.6 Å². The van der Waals surface area contributed by atoms with Gasteiger partial charge in [-0.3, -0.25) is 4.90 Å². The van der Waals surface area contributed by atoms with Crippen LogP contribution >= 0.6 is 11.8 Å². The van der Waals surface area contributed by atoms with Crippen molar-refractivity contribution in [1.82, 2.24) is 15.5 Å². The molecule has 21 heavy (non-hydrogen) atoms. The van der Waals surface area contributed by atoms with Crippen LogP contribution in [0.5, 0.6) is 0 Å². The lowest BCUT2D eigenvalue weighted by molar-refractivity contribution is -0.139. The maximum absolute atomic E-state index is 11.7. The third-order valence-electron chi connectivity index (χ3n) is 3.20. The Morgan fingerprint density at radius 2 is 1.76 bits per heavy atom. The Morgan fingerprint density at radius 1 is 1.19 bits per heavy atom. The maximum Gasteiger partial charge on any atom is 0.326 e. The average Bonchev–Trinajstić information content (AvgIpc) is 2.38. The quantitative estimate of drug-likeness (QED) is 0.570. The van der Waals surface area contributed by atoms with Gasteiger partial charge in [0.2, 0.25) is 0 Å². The van der Waals surface area contributed by atoms with Gasteiger partial charge in [-0.25, -0.2) is 9.59 Å². The van der Waals surface area contributed by atoms with Crippen LogP contribution in [0.25, 0.3) is 0 Å². The second-order valence-corrected chi connectivity index (χ2v) is 6.48. The molecule has 0 aromatic carbocycles. The van der Waals surface area contributed by atoms with Gasteiger partial charge in [0.15, 0.2) is 0 Å². The van der Waals surface area contributed by atoms with E-state index in [4.69, 9.17) is 5.11 Å². The smallest absolute Gasteiger partial charge is 0.326 e. The van der Waals surface area contributed by atoms with Crippen molar-refractivity contribution in [1.29, 1.82) is 0 Å². The molecule has 0 aromatic heterocycles. The fraction of sp³-hybridized carbons (Fsp3) is 0.857. The first-order chi connectivity index (χ1) is 9.79. The Balaban J connectivity index is 4.15. The van der Waals surface area contributed by atoms with Crippen LogP contribution in [0.2, 0.25) is 0 Å². The molecule has 0 saturated carbocycles. The van der Waals surface area contributed by atoms with Gasteiger partial charge in [0.25, 0.3) is 0 Å². The van der Waals surface area contributed by atoms with Crippen LogP contribution in [0.3, 0.4) is 0 Å². The van der Waals surface area contributed by atoms with E-state index in [1.807, 2.05) is 6.26 Å². The van der Waals surface area contributed by atoms with Gasteiger partial charge in [-0.2, -0.15) is 11.8 Å². The molecule has 0 spiro atoms. The molecule has 2 amide bonds. The van der Waals surface area contributed by atoms with Crippen molar-refractivity contribution in [3.05, 3.63) is 0 Å². The van der Waals surface area contributed by atoms with Crippen molar-refractivity contribution in [3.63, 3.8) is 0 Å². The summed E-state index contributed by atoms with van der Waals surface area (Å²) in [5, 5.41) is 14.3. The Labute approximate surface area is 132 Å². The highest BCUT2D eigenvalue weighted by molar-refractivity contribution is 7.98. The highest BCUT2D eigenvalue weighted by atomic mass is 32.2. The topological polar surface area (TPSA) is 81.7 Å². The standard InChI is InChI=1S/C14H29N3O3S/c1-10(2)17(11(3)4)8-7-15-14(20)16-12(13(18)19)6-9-21-5/h10-12H,6-9H2,1-5H3,(H,18,19)(H2,15,16,20)/t12-/m0/s1. The van der Waals surface area contributed by atoms with Crippen LogP contribution in [-0.4, -0.2) is 65.2 Å². The zero-order valence-corrected chi connectivity index (χ0v) is 14.5. The van der Waals surface area contributed by atoms with Gasteiger partial charge in [-0.15, -0.1) is 0 Å². The summed E-state index contributed by atoms with van der Waals surface area (Å²) in [4.78, 5) is 25.0. The predicted octanol–water partition coefficient (Wildman–Crippen LogP) is 1.61. The first-order valence-corrected chi connectivity index (χ1v) is 8.70. The molecule has 124 valence electrons. The molecule has 1 atom stereocenters. The molecule has 7 heteroatoms. The second-order valence-electron chi connectivity index (χ2n) is 5.50. The largest absolute Gasteiger partial charge is 0.480 e. The molecule has 0 heterocycles. The molecular formula is C14H29N3O3S. The van der Waals surface area contributed by atoms with Gasteiger partial charge in [-0.05, 0) is 46.1 Å². The lowest BCUT2D eigenvalue weighted by Crippen LogP contribution is -2.49. The SMILES string of the molecule is CSCC[C@H](NC(=O)NCCN(C(C)C)C(C)C)C(=O)O. The van der Waals surface area contributed by atoms with Crippen molar-refractivity contribution < 1.29 is 14.7 Å². The number of hydrogen-bond donors (Lipinski definition) is 3. The van der Waals surface area contributed by atoms with Gasteiger partial charge in [0.05, 0.1) is 0 Å². The molecule has 0 radical (unpaired) electrons. The van der Waals surface area contributed by atoms with E-state index >= 15 is 0 Å². The number of nitrogens with zero attached hydrogens (tertiary/aromatic N) is 1. The number of urea groups is 1. The number of carboxylic acid groups (broad SMARTS) is 1. The second kappa shape index (κ2) is 10.7. The van der Waals surface area contributed by atoms with E-state index in [-0.39, 0.29) is 0 Å². The zero-order chi connectivity index (χ0) is 16.4. The molecule has 0 fully saturated rings. The van der Waals surface area contributed by atoms with Crippen LogP contribution in [0.1, 0.15) is 34.1 Å². The Kier molecular flexibility index (Phi) is 10.2. The molecule has 0 unspecified atom stereocenters. The van der Waals surface area contributed by atoms with Gasteiger partial charge in [0, 0.05) is 25.2 Å². The van der Waals surface area contributed by atoms with Crippen LogP contribution in [0.15, 0.2) is 0 Å². The van der Waals surface area contributed by atoms with Crippen molar-refractivity contribution in [2.24, 2.45) is 0 Å². The average molecular weight is 319 g/mol. The van der Waals surface area contributed by atoms with E-state index in [0.717, 1.165) is 6.54 Å². The van der Waals surface area contributed by atoms with Gasteiger partial charge in [-0.1, -0.05) is 0 Å². The number of hydrogen-bond acceptors (Lipinski definition) is 4. The van der Waals surface area contributed by atoms with E-state index < -0.39 is 18.0 Å². The summed E-state index contributed by atoms with van der Waals surface area (Å²) in [7, 11) is 0. The van der Waals surface area contributed by atoms with Gasteiger partial charge in [0.1, 0.15) is 6.04 Å². The monoisotopic (exact) mass is 319 g/mol. The molecular weight excluding hydrogens is 290 g/mol. The predicted molar refractivity (Wildman–Crippen MR) is 87.9 cm³/mol. The Bertz CT molecular complexity index is 317. The summed E-state index contributed by atoms with van der Waals surface area (Å²) in [6, 6.07) is -0.439. The molecule has 0 aliphatic rings. The minimum Gasteiger partial charge on any atom is -0.480 e. The van der Waals surface area contributed by atoms with Crippen LogP contribution in [0, 0.1) is 0 Å². The number of carbonyl (C=O) groups is 2. The molecule has 6 nitrogen and oxygen atoms in total. The number of carbonyl (C=O) groups excluding carboxylic acids is 1. The van der Waals surface area contributed by atoms with Crippen LogP contribution in [0.4, 0.5) is 4.79 Å². The summed E-state index contributed by atoms with van der Waals surface area (Å²) >= 11 is 1.56. The highest BCUT2D eigenvalue weighted by Gasteiger charge is 2.19. The number of rotatable bonds is 10. The third kappa shape index (κ3) is 8.83. The first kappa shape index (κ1) is 20.1. The van der Waals surface area contributed by atoms with E-state index in [2.05, 4.69) is 43.2 Å². The number of thioether (sulfide) groups is 1. The molecule has 0 bridgehead atoms. The fourth-order valence-electron chi connectivity index (χ4n) is 2.11. The summed E-state index contributed by atoms with van der Waals surface area (Å²) < 4.78 is 0. The van der Waals surface area contributed by atoms with Crippen molar-refractivity contribution >= 4 is 23.8 Å². The minimum atomic E-state index is -0.995. The molecule has 0 rings (SSSR count). The molecule has 0 aliphatic carbocycles. The number of nitrogens with one attached hydrogen (secondary N) is 2. The van der Waals surface area contributed by atoms with E-state index in [1.165, 1.54) is 0 Å². The molecule has 0 saturated heterocycles. The third-order valence-corrected chi connectivity index (χ3v) is 3.84. The summed E-state index contributed by atoms with van der Waals surface area (Å²) in [6.07, 6.45) is 2.33. The maximum atomic E-state index is 11.7. The van der Waals surface area contributed by atoms with Crippen molar-refractivity contribution in [2.75, 3.05) is 25.1 Å². The lowest BCUT2D eigenvalue weighted by Gasteiger charge is -2.30. The Hall–Kier alpha value is -0.950. The normalized spacial score (nSPS) is 12.8. The number of carboxylic acids is 1. The summed E-state index contributed by atoms with van der Waals surface area (Å²) in [5.41, 5.74) is 0. The highest BCUT2D eigenvalue weighted by Crippen LogP contribution is 2.03. The molecule has 0 aromatic rings. The Morgan fingerprint density at radius 3 is 2.19 bits per heavy atom. The zero-order valence-electron chi connectivity index (χ0n) is 13.7. The van der Waals surface area contributed by atoms with Crippen molar-refractivity contribution in [3.8, 4) is 0 Å². The fourth-order valence-corrected chi connectivity index (χ4v) is 2.58. The van der Waals surface area contributed by atoms with Crippen LogP contribution in [-0.2, 0) is 4.79 Å². The lowest BCUT2D eigenvalue weighted by atomic mass is 10.2. The number of amides is 2. The van der Waals surface area contributed by atoms with Gasteiger partial charge >= 0.3 is 12.0 Å². The molecule has 3 N–H and O–H groups in total. The first-order valence-electron chi connectivity index (χ1n) is 7.31. The van der Waals surface area contributed by atoms with Crippen molar-refractivity contribution in [2.45, 2.75) is 52.2 Å². The van der Waals surface area contributed by atoms with E-state index in [1.54, 1.807) is 11.8 Å². The van der Waals surface area contributed by atoms with E-state index in [9.17, 15) is 9.59 Å². The minimum absolute atomic E-state index is 0.406. The summed E-state index contributed by atoms with van der Waals surface area (Å²) in [5.74, 6) is -0.295. The summed E-state index contributed by atoms with van der Waals surface area (Å²) in [6.45, 7) is 9.69. The number of aliphatic carboxylic acids is 1.